The second-order valence-electron chi connectivity index (χ2n) is 6.51. The Bertz CT molecular complexity index is 1110. The number of amides is 1. The second-order valence-corrected chi connectivity index (χ2v) is 7.53. The molecule has 0 saturated carbocycles. The van der Waals surface area contributed by atoms with E-state index in [1.165, 1.54) is 18.2 Å². The van der Waals surface area contributed by atoms with E-state index in [0.29, 0.717) is 5.56 Å². The van der Waals surface area contributed by atoms with Gasteiger partial charge in [0.2, 0.25) is 0 Å². The Labute approximate surface area is 182 Å². The molecule has 3 rings (SSSR count). The normalized spacial score (nSPS) is 10.4. The molecule has 0 aliphatic carbocycles. The van der Waals surface area contributed by atoms with Crippen molar-refractivity contribution in [3.05, 3.63) is 87.5 Å². The molecule has 3 aromatic rings. The van der Waals surface area contributed by atoms with Crippen molar-refractivity contribution in [2.45, 2.75) is 20.5 Å². The van der Waals surface area contributed by atoms with E-state index in [9.17, 15) is 18.8 Å². The van der Waals surface area contributed by atoms with Crippen LogP contribution in [-0.4, -0.2) is 24.5 Å². The summed E-state index contributed by atoms with van der Waals surface area (Å²) in [6.45, 7) is 3.43. The molecule has 0 radical (unpaired) electrons. The summed E-state index contributed by atoms with van der Waals surface area (Å²) in [7, 11) is 0. The average molecular weight is 441 g/mol. The first-order valence-corrected chi connectivity index (χ1v) is 10.3. The van der Waals surface area contributed by atoms with Crippen LogP contribution in [0.5, 0.6) is 0 Å². The van der Waals surface area contributed by atoms with Crippen molar-refractivity contribution in [2.75, 3.05) is 11.9 Å². The first-order chi connectivity index (χ1) is 14.9. The van der Waals surface area contributed by atoms with Gasteiger partial charge in [-0.05, 0) is 43.2 Å². The zero-order chi connectivity index (χ0) is 22.4. The third-order valence-corrected chi connectivity index (χ3v) is 5.53. The van der Waals surface area contributed by atoms with Crippen LogP contribution in [-0.2, 0) is 16.1 Å². The summed E-state index contributed by atoms with van der Waals surface area (Å²) in [5.41, 5.74) is 1.31. The number of carbonyl (C=O) groups excluding carboxylic acids is 3. The summed E-state index contributed by atoms with van der Waals surface area (Å²) in [6, 6.07) is 14.3. The summed E-state index contributed by atoms with van der Waals surface area (Å²) >= 11 is 0.910. The minimum absolute atomic E-state index is 0.0662. The highest BCUT2D eigenvalue weighted by molar-refractivity contribution is 7.18. The average Bonchev–Trinajstić information content (AvgIpc) is 3.08. The fourth-order valence-corrected chi connectivity index (χ4v) is 3.92. The molecule has 31 heavy (non-hydrogen) atoms. The van der Waals surface area contributed by atoms with Gasteiger partial charge in [-0.25, -0.2) is 14.0 Å². The van der Waals surface area contributed by atoms with Gasteiger partial charge in [-0.3, -0.25) is 4.79 Å². The minimum Gasteiger partial charge on any atom is -0.462 e. The predicted octanol–water partition coefficient (Wildman–Crippen LogP) is 4.98. The smallest absolute Gasteiger partial charge is 0.349 e. The maximum absolute atomic E-state index is 13.5. The molecule has 0 unspecified atom stereocenters. The van der Waals surface area contributed by atoms with Crippen LogP contribution < -0.4 is 5.32 Å². The highest BCUT2D eigenvalue weighted by atomic mass is 32.1. The Hall–Kier alpha value is -3.52. The number of hydrogen-bond donors (Lipinski definition) is 1. The first-order valence-electron chi connectivity index (χ1n) is 9.49. The molecule has 1 N–H and O–H groups in total. The molecule has 6 nitrogen and oxygen atoms in total. The van der Waals surface area contributed by atoms with E-state index in [1.807, 2.05) is 30.3 Å². The Morgan fingerprint density at radius 2 is 1.74 bits per heavy atom. The van der Waals surface area contributed by atoms with Crippen molar-refractivity contribution in [3.8, 4) is 0 Å². The molecule has 0 spiro atoms. The fourth-order valence-electron chi connectivity index (χ4n) is 2.84. The summed E-state index contributed by atoms with van der Waals surface area (Å²) in [4.78, 5) is 37.9. The third-order valence-electron chi connectivity index (χ3n) is 4.34. The van der Waals surface area contributed by atoms with Crippen molar-refractivity contribution in [1.29, 1.82) is 0 Å². The SMILES string of the molecule is CCOC(=O)c1c(NC(=O)c2cccc(F)c2)sc(C(=O)OCc2ccccc2)c1C. The molecule has 1 amide bonds. The van der Waals surface area contributed by atoms with E-state index >= 15 is 0 Å². The molecule has 0 saturated heterocycles. The van der Waals surface area contributed by atoms with Crippen LogP contribution in [0.15, 0.2) is 54.6 Å². The maximum Gasteiger partial charge on any atom is 0.349 e. The van der Waals surface area contributed by atoms with E-state index in [2.05, 4.69) is 5.32 Å². The maximum atomic E-state index is 13.5. The van der Waals surface area contributed by atoms with E-state index in [4.69, 9.17) is 9.47 Å². The number of rotatable bonds is 7. The molecule has 1 heterocycles. The van der Waals surface area contributed by atoms with Crippen molar-refractivity contribution in [3.63, 3.8) is 0 Å². The molecule has 0 atom stereocenters. The lowest BCUT2D eigenvalue weighted by atomic mass is 10.1. The summed E-state index contributed by atoms with van der Waals surface area (Å²) < 4.78 is 23.9. The molecule has 0 bridgehead atoms. The number of ether oxygens (including phenoxy) is 2. The molecule has 8 heteroatoms. The zero-order valence-electron chi connectivity index (χ0n) is 16.9. The predicted molar refractivity (Wildman–Crippen MR) is 115 cm³/mol. The molecule has 0 aliphatic rings. The van der Waals surface area contributed by atoms with Gasteiger partial charge in [0, 0.05) is 5.56 Å². The quantitative estimate of drug-likeness (QED) is 0.523. The molecule has 1 aromatic heterocycles. The Balaban J connectivity index is 1.88. The van der Waals surface area contributed by atoms with Crippen LogP contribution in [0.25, 0.3) is 0 Å². The fraction of sp³-hybridized carbons (Fsp3) is 0.174. The summed E-state index contributed by atoms with van der Waals surface area (Å²) in [6.07, 6.45) is 0. The molecular weight excluding hydrogens is 421 g/mol. The van der Waals surface area contributed by atoms with Crippen LogP contribution in [0.1, 0.15) is 48.4 Å². The van der Waals surface area contributed by atoms with Gasteiger partial charge >= 0.3 is 11.9 Å². The van der Waals surface area contributed by atoms with Gasteiger partial charge in [-0.2, -0.15) is 0 Å². The summed E-state index contributed by atoms with van der Waals surface area (Å²) in [5, 5.41) is 2.72. The number of nitrogens with one attached hydrogen (secondary N) is 1. The van der Waals surface area contributed by atoms with E-state index < -0.39 is 23.7 Å². The van der Waals surface area contributed by atoms with Gasteiger partial charge < -0.3 is 14.8 Å². The van der Waals surface area contributed by atoms with Crippen LogP contribution in [0.3, 0.4) is 0 Å². The number of thiophene rings is 1. The van der Waals surface area contributed by atoms with E-state index in [0.717, 1.165) is 23.0 Å². The standard InChI is InChI=1S/C23H20FNO5S/c1-3-29-22(27)18-14(2)19(23(28)30-13-15-8-5-4-6-9-15)31-21(18)25-20(26)16-10-7-11-17(24)12-16/h4-12H,3,13H2,1-2H3,(H,25,26). The molecular formula is C23H20FNO5S. The monoisotopic (exact) mass is 441 g/mol. The second kappa shape index (κ2) is 9.99. The van der Waals surface area contributed by atoms with Gasteiger partial charge in [0.15, 0.2) is 0 Å². The third kappa shape index (κ3) is 5.35. The summed E-state index contributed by atoms with van der Waals surface area (Å²) in [5.74, 6) is -2.47. The van der Waals surface area contributed by atoms with E-state index in [-0.39, 0.29) is 34.2 Å². The van der Waals surface area contributed by atoms with Crippen molar-refractivity contribution in [2.24, 2.45) is 0 Å². The van der Waals surface area contributed by atoms with E-state index in [1.54, 1.807) is 13.8 Å². The highest BCUT2D eigenvalue weighted by Gasteiger charge is 2.27. The number of benzene rings is 2. The Kier molecular flexibility index (Phi) is 7.15. The Morgan fingerprint density at radius 3 is 2.42 bits per heavy atom. The number of carbonyl (C=O) groups is 3. The lowest BCUT2D eigenvalue weighted by Gasteiger charge is -2.07. The lowest BCUT2D eigenvalue weighted by molar-refractivity contribution is 0.0477. The highest BCUT2D eigenvalue weighted by Crippen LogP contribution is 2.35. The van der Waals surface area contributed by atoms with Gasteiger partial charge in [-0.15, -0.1) is 11.3 Å². The van der Waals surface area contributed by atoms with Crippen LogP contribution in [0.4, 0.5) is 9.39 Å². The lowest BCUT2D eigenvalue weighted by Crippen LogP contribution is -2.15. The van der Waals surface area contributed by atoms with Gasteiger partial charge in [-0.1, -0.05) is 36.4 Å². The topological polar surface area (TPSA) is 81.7 Å². The molecule has 0 aliphatic heterocycles. The first kappa shape index (κ1) is 22.2. The zero-order valence-corrected chi connectivity index (χ0v) is 17.8. The van der Waals surface area contributed by atoms with Crippen molar-refractivity contribution >= 4 is 34.2 Å². The van der Waals surface area contributed by atoms with Gasteiger partial charge in [0.25, 0.3) is 5.91 Å². The van der Waals surface area contributed by atoms with Gasteiger partial charge in [0.05, 0.1) is 12.2 Å². The number of halogens is 1. The van der Waals surface area contributed by atoms with Crippen LogP contribution >= 0.6 is 11.3 Å². The van der Waals surface area contributed by atoms with Gasteiger partial charge in [0.1, 0.15) is 22.3 Å². The number of esters is 2. The molecule has 2 aromatic carbocycles. The van der Waals surface area contributed by atoms with Crippen molar-refractivity contribution in [1.82, 2.24) is 0 Å². The molecule has 0 fully saturated rings. The van der Waals surface area contributed by atoms with Crippen molar-refractivity contribution < 1.29 is 28.2 Å². The Morgan fingerprint density at radius 1 is 1.00 bits per heavy atom. The number of anilines is 1. The molecule has 160 valence electrons. The largest absolute Gasteiger partial charge is 0.462 e. The minimum atomic E-state index is -0.673. The van der Waals surface area contributed by atoms with Crippen LogP contribution in [0.2, 0.25) is 0 Å². The number of hydrogen-bond acceptors (Lipinski definition) is 6. The van der Waals surface area contributed by atoms with Crippen LogP contribution in [0, 0.1) is 12.7 Å².